The molecule has 2 aliphatic rings. The van der Waals surface area contributed by atoms with E-state index in [-0.39, 0.29) is 29.8 Å². The first kappa shape index (κ1) is 32.2. The van der Waals surface area contributed by atoms with Crippen molar-refractivity contribution in [3.8, 4) is 0 Å². The molecule has 0 bridgehead atoms. The number of carbonyl (C=O) groups is 1. The summed E-state index contributed by atoms with van der Waals surface area (Å²) in [6.45, 7) is 1.50. The van der Waals surface area contributed by atoms with E-state index >= 15 is 0 Å². The Kier molecular flexibility index (Phi) is 9.19. The van der Waals surface area contributed by atoms with Crippen LogP contribution in [0.4, 0.5) is 0 Å². The highest BCUT2D eigenvalue weighted by Gasteiger charge is 2.33. The minimum absolute atomic E-state index is 0.193. The number of amides is 1. The van der Waals surface area contributed by atoms with Crippen molar-refractivity contribution in [3.05, 3.63) is 103 Å². The van der Waals surface area contributed by atoms with E-state index in [0.717, 1.165) is 43.9 Å². The summed E-state index contributed by atoms with van der Waals surface area (Å²) in [5.41, 5.74) is 3.75. The number of rotatable bonds is 7. The zero-order valence-electron chi connectivity index (χ0n) is 23.1. The lowest BCUT2D eigenvalue weighted by atomic mass is 9.98. The van der Waals surface area contributed by atoms with Gasteiger partial charge in [-0.25, -0.2) is 0 Å². The molecule has 0 unspecified atom stereocenters. The highest BCUT2D eigenvalue weighted by atomic mass is 79.9. The molecule has 0 spiro atoms. The van der Waals surface area contributed by atoms with Crippen molar-refractivity contribution in [2.24, 2.45) is 0 Å². The third-order valence-electron chi connectivity index (χ3n) is 7.11. The summed E-state index contributed by atoms with van der Waals surface area (Å²) in [5, 5.41) is 21.1. The average molecular weight is 817 g/mol. The Balaban J connectivity index is 0.000000179. The van der Waals surface area contributed by atoms with Crippen LogP contribution in [-0.4, -0.2) is 57.7 Å². The zero-order chi connectivity index (χ0) is 31.9. The molecule has 1 atom stereocenters. The molecule has 7 rings (SSSR count). The molecule has 5 aromatic rings. The van der Waals surface area contributed by atoms with Crippen molar-refractivity contribution in [2.75, 3.05) is 6.61 Å². The van der Waals surface area contributed by atoms with Crippen LogP contribution in [0.1, 0.15) is 34.0 Å². The van der Waals surface area contributed by atoms with E-state index in [1.807, 2.05) is 18.2 Å². The zero-order valence-corrected chi connectivity index (χ0v) is 29.5. The van der Waals surface area contributed by atoms with E-state index in [1.54, 1.807) is 41.4 Å². The second kappa shape index (κ2) is 12.8. The maximum atomic E-state index is 12.9. The molecule has 1 amide bonds. The molecule has 1 aromatic carbocycles. The Morgan fingerprint density at radius 1 is 0.822 bits per heavy atom. The van der Waals surface area contributed by atoms with E-state index in [1.165, 1.54) is 23.6 Å². The smallest absolute Gasteiger partial charge is 0.292 e. The number of nitrogens with one attached hydrogen (secondary N) is 1. The number of hydrogen-bond acceptors (Lipinski definition) is 11. The molecule has 2 aliphatic heterocycles. The molecule has 4 aromatic heterocycles. The molecule has 45 heavy (non-hydrogen) atoms. The third-order valence-corrected chi connectivity index (χ3v) is 14.4. The predicted octanol–water partition coefficient (Wildman–Crippen LogP) is 4.11. The van der Waals surface area contributed by atoms with Gasteiger partial charge in [0.15, 0.2) is 0 Å². The van der Waals surface area contributed by atoms with Crippen molar-refractivity contribution >= 4 is 80.5 Å². The Morgan fingerprint density at radius 3 is 1.91 bits per heavy atom. The van der Waals surface area contributed by atoms with Crippen molar-refractivity contribution in [3.63, 3.8) is 0 Å². The monoisotopic (exact) mass is 814 g/mol. The average Bonchev–Trinajstić information content (AvgIpc) is 3.83. The SMILES string of the molecule is O=C([C@H](CO)c1ccccc1)N1Cc2cn(S(=O)(=O)c3ccc(Br)s3)nc2C1.O=S(=O)(c1ccc(Br)s1)n1cc2c(n1)CNC2. The molecule has 0 saturated heterocycles. The van der Waals surface area contributed by atoms with E-state index in [0.29, 0.717) is 28.6 Å². The number of halogens is 2. The number of aliphatic hydroxyl groups excluding tert-OH is 1. The fourth-order valence-electron chi connectivity index (χ4n) is 4.85. The summed E-state index contributed by atoms with van der Waals surface area (Å²) >= 11 is 8.82. The predicted molar refractivity (Wildman–Crippen MR) is 175 cm³/mol. The van der Waals surface area contributed by atoms with Crippen LogP contribution in [0.2, 0.25) is 0 Å². The van der Waals surface area contributed by atoms with E-state index in [9.17, 15) is 26.7 Å². The van der Waals surface area contributed by atoms with E-state index in [2.05, 4.69) is 47.4 Å². The van der Waals surface area contributed by atoms with E-state index in [4.69, 9.17) is 0 Å². The molecular formula is C27H24Br2N6O6S4. The number of hydrogen-bond donors (Lipinski definition) is 2. The molecule has 12 nitrogen and oxygen atoms in total. The number of benzene rings is 1. The molecule has 0 saturated carbocycles. The Labute approximate surface area is 283 Å². The minimum Gasteiger partial charge on any atom is -0.395 e. The number of aliphatic hydroxyl groups is 1. The van der Waals surface area contributed by atoms with Gasteiger partial charge in [-0.15, -0.1) is 22.7 Å². The summed E-state index contributed by atoms with van der Waals surface area (Å²) in [6.07, 6.45) is 3.04. The van der Waals surface area contributed by atoms with Crippen LogP contribution in [0.3, 0.4) is 0 Å². The summed E-state index contributed by atoms with van der Waals surface area (Å²) < 4.78 is 53.8. The van der Waals surface area contributed by atoms with Crippen LogP contribution in [0.5, 0.6) is 0 Å². The second-order valence-electron chi connectivity index (χ2n) is 10.0. The highest BCUT2D eigenvalue weighted by Crippen LogP contribution is 2.31. The van der Waals surface area contributed by atoms with Crippen molar-refractivity contribution in [1.82, 2.24) is 28.6 Å². The normalized spacial score (nSPS) is 15.0. The molecule has 6 heterocycles. The first-order chi connectivity index (χ1) is 21.5. The molecule has 236 valence electrons. The van der Waals surface area contributed by atoms with Gasteiger partial charge in [0, 0.05) is 43.2 Å². The Bertz CT molecular complexity index is 2040. The summed E-state index contributed by atoms with van der Waals surface area (Å²) in [7, 11) is -7.28. The molecule has 0 fully saturated rings. The quantitative estimate of drug-likeness (QED) is 0.247. The molecule has 18 heteroatoms. The lowest BCUT2D eigenvalue weighted by Crippen LogP contribution is -2.33. The third kappa shape index (κ3) is 6.47. The number of aromatic nitrogens is 4. The van der Waals surface area contributed by atoms with Crippen LogP contribution < -0.4 is 5.32 Å². The Hall–Kier alpha value is -2.71. The van der Waals surface area contributed by atoms with Gasteiger partial charge >= 0.3 is 0 Å². The molecule has 0 aliphatic carbocycles. The summed E-state index contributed by atoms with van der Waals surface area (Å²) in [4.78, 5) is 14.4. The highest BCUT2D eigenvalue weighted by molar-refractivity contribution is 9.11. The lowest BCUT2D eigenvalue weighted by Gasteiger charge is -2.22. The van der Waals surface area contributed by atoms with Gasteiger partial charge in [-0.2, -0.15) is 35.2 Å². The Morgan fingerprint density at radius 2 is 1.40 bits per heavy atom. The fourth-order valence-corrected chi connectivity index (χ4v) is 11.4. The van der Waals surface area contributed by atoms with Gasteiger partial charge < -0.3 is 15.3 Å². The second-order valence-corrected chi connectivity index (χ2v) is 19.0. The number of carbonyl (C=O) groups excluding carboxylic acids is 1. The van der Waals surface area contributed by atoms with Gasteiger partial charge in [0.1, 0.15) is 8.42 Å². The first-order valence-corrected chi connectivity index (χ1v) is 19.4. The van der Waals surface area contributed by atoms with Crippen LogP contribution in [0, 0.1) is 0 Å². The van der Waals surface area contributed by atoms with Gasteiger partial charge in [-0.1, -0.05) is 30.3 Å². The molecule has 0 radical (unpaired) electrons. The largest absolute Gasteiger partial charge is 0.395 e. The lowest BCUT2D eigenvalue weighted by molar-refractivity contribution is -0.134. The van der Waals surface area contributed by atoms with Gasteiger partial charge in [0.25, 0.3) is 20.0 Å². The van der Waals surface area contributed by atoms with Crippen LogP contribution in [-0.2, 0) is 51.0 Å². The van der Waals surface area contributed by atoms with Crippen LogP contribution in [0.25, 0.3) is 0 Å². The summed E-state index contributed by atoms with van der Waals surface area (Å²) in [5.74, 6) is -0.854. The molecule has 2 N–H and O–H groups in total. The van der Waals surface area contributed by atoms with Crippen LogP contribution in [0.15, 0.2) is 83.0 Å². The van der Waals surface area contributed by atoms with Gasteiger partial charge in [-0.05, 0) is 61.7 Å². The fraction of sp³-hybridized carbons (Fsp3) is 0.222. The van der Waals surface area contributed by atoms with Crippen molar-refractivity contribution < 1.29 is 26.7 Å². The van der Waals surface area contributed by atoms with Gasteiger partial charge in [0.05, 0.1) is 38.0 Å². The van der Waals surface area contributed by atoms with Gasteiger partial charge in [-0.3, -0.25) is 4.79 Å². The maximum absolute atomic E-state index is 12.9. The number of nitrogens with zero attached hydrogens (tertiary/aromatic N) is 5. The summed E-state index contributed by atoms with van der Waals surface area (Å²) in [6, 6.07) is 15.6. The molecular weight excluding hydrogens is 792 g/mol. The van der Waals surface area contributed by atoms with Crippen molar-refractivity contribution in [1.29, 1.82) is 0 Å². The van der Waals surface area contributed by atoms with E-state index < -0.39 is 26.0 Å². The van der Waals surface area contributed by atoms with Gasteiger partial charge in [0.2, 0.25) is 5.91 Å². The minimum atomic E-state index is -3.75. The van der Waals surface area contributed by atoms with Crippen molar-refractivity contribution in [2.45, 2.75) is 40.5 Å². The van der Waals surface area contributed by atoms with Crippen LogP contribution >= 0.6 is 54.5 Å². The number of fused-ring (bicyclic) bond motifs is 2. The first-order valence-electron chi connectivity index (χ1n) is 13.3. The topological polar surface area (TPSA) is 156 Å². The maximum Gasteiger partial charge on any atom is 0.292 e. The standard InChI is InChI=1S/C18H16BrN3O4S2.C9H8BrN3O2S2/c19-16-6-7-17(27-16)28(25,26)22-9-13-8-21(10-15(13)20-22)18(24)14(11-23)12-4-2-1-3-5-12;10-8-1-2-9(16-8)17(14,15)13-5-6-3-11-4-7(6)12-13/h1-7,9,14,23H,8,10-11H2;1-2,5,11H,3-4H2/t14-;/m1./s1. The number of thiophene rings is 2.